The average molecular weight is 369 g/mol. The van der Waals surface area contributed by atoms with Gasteiger partial charge in [-0.3, -0.25) is 0 Å². The molecule has 0 aliphatic heterocycles. The Morgan fingerprint density at radius 3 is 2.57 bits per heavy atom. The highest BCUT2D eigenvalue weighted by molar-refractivity contribution is 6.35. The van der Waals surface area contributed by atoms with Crippen LogP contribution in [0.2, 0.25) is 10.0 Å². The van der Waals surface area contributed by atoms with Gasteiger partial charge in [0.1, 0.15) is 5.75 Å². The van der Waals surface area contributed by atoms with Gasteiger partial charge in [0.15, 0.2) is 5.69 Å². The Bertz CT molecular complexity index is 702. The number of benzene rings is 1. The molecule has 0 amide bonds. The number of halogens is 5. The highest BCUT2D eigenvalue weighted by atomic mass is 35.5. The zero-order valence-corrected chi connectivity index (χ0v) is 13.5. The number of aromatic nitrogens is 2. The van der Waals surface area contributed by atoms with Crippen LogP contribution in [0.25, 0.3) is 0 Å². The molecule has 23 heavy (non-hydrogen) atoms. The largest absolute Gasteiger partial charge is 0.437 e. The molecular weight excluding hydrogens is 356 g/mol. The van der Waals surface area contributed by atoms with Gasteiger partial charge in [0.05, 0.1) is 5.02 Å². The van der Waals surface area contributed by atoms with Gasteiger partial charge in [-0.15, -0.1) is 0 Å². The van der Waals surface area contributed by atoms with E-state index in [1.54, 1.807) is 0 Å². The number of hydrogen-bond donors (Lipinski definition) is 1. The number of aryl methyl sites for hydroxylation is 1. The molecule has 1 N–H and O–H groups in total. The lowest BCUT2D eigenvalue weighted by molar-refractivity contribution is -0.142. The van der Waals surface area contributed by atoms with Crippen molar-refractivity contribution in [1.29, 1.82) is 0 Å². The van der Waals surface area contributed by atoms with Crippen molar-refractivity contribution in [1.82, 2.24) is 9.78 Å². The second-order valence-electron chi connectivity index (χ2n) is 4.76. The third kappa shape index (κ3) is 4.10. The zero-order valence-electron chi connectivity index (χ0n) is 12.0. The summed E-state index contributed by atoms with van der Waals surface area (Å²) in [6.45, 7) is -0.243. The van der Waals surface area contributed by atoms with Crippen LogP contribution in [0.4, 0.5) is 13.2 Å². The second-order valence-corrected chi connectivity index (χ2v) is 5.60. The Labute approximate surface area is 140 Å². The van der Waals surface area contributed by atoms with E-state index in [9.17, 15) is 13.2 Å². The summed E-state index contributed by atoms with van der Waals surface area (Å²) in [5.41, 5.74) is -1.16. The lowest BCUT2D eigenvalue weighted by atomic mass is 10.1. The number of aliphatic hydroxyl groups is 1. The minimum Gasteiger partial charge on any atom is -0.437 e. The van der Waals surface area contributed by atoms with E-state index in [1.807, 2.05) is 0 Å². The molecule has 4 nitrogen and oxygen atoms in total. The first-order chi connectivity index (χ1) is 10.7. The quantitative estimate of drug-likeness (QED) is 0.847. The van der Waals surface area contributed by atoms with Crippen LogP contribution in [0.5, 0.6) is 11.6 Å². The Morgan fingerprint density at radius 1 is 1.30 bits per heavy atom. The highest BCUT2D eigenvalue weighted by Crippen LogP contribution is 2.39. The van der Waals surface area contributed by atoms with Crippen LogP contribution in [0.15, 0.2) is 18.2 Å². The topological polar surface area (TPSA) is 47.3 Å². The summed E-state index contributed by atoms with van der Waals surface area (Å²) in [4.78, 5) is 0. The van der Waals surface area contributed by atoms with Crippen LogP contribution in [0.3, 0.4) is 0 Å². The van der Waals surface area contributed by atoms with Gasteiger partial charge in [0.2, 0.25) is 5.88 Å². The average Bonchev–Trinajstić information content (AvgIpc) is 2.76. The molecule has 9 heteroatoms. The van der Waals surface area contributed by atoms with Gasteiger partial charge in [-0.1, -0.05) is 23.2 Å². The minimum absolute atomic E-state index is 0.0281. The molecule has 0 aliphatic carbocycles. The predicted molar refractivity (Wildman–Crippen MR) is 80.2 cm³/mol. The monoisotopic (exact) mass is 368 g/mol. The van der Waals surface area contributed by atoms with E-state index >= 15 is 0 Å². The summed E-state index contributed by atoms with van der Waals surface area (Å²) >= 11 is 11.8. The number of rotatable bonds is 5. The summed E-state index contributed by atoms with van der Waals surface area (Å²) in [6.07, 6.45) is -4.49. The Balaban J connectivity index is 2.46. The molecule has 0 saturated carbocycles. The van der Waals surface area contributed by atoms with Crippen molar-refractivity contribution >= 4 is 23.2 Å². The molecule has 0 unspecified atom stereocenters. The van der Waals surface area contributed by atoms with Crippen LogP contribution in [0.1, 0.15) is 17.7 Å². The summed E-state index contributed by atoms with van der Waals surface area (Å²) in [6, 6.07) is 4.39. The lowest BCUT2D eigenvalue weighted by Crippen LogP contribution is -2.10. The Morgan fingerprint density at radius 2 is 2.00 bits per heavy atom. The van der Waals surface area contributed by atoms with Gasteiger partial charge < -0.3 is 9.84 Å². The molecule has 0 bridgehead atoms. The van der Waals surface area contributed by atoms with Crippen molar-refractivity contribution in [2.75, 3.05) is 6.61 Å². The van der Waals surface area contributed by atoms with E-state index in [0.717, 1.165) is 4.68 Å². The summed E-state index contributed by atoms with van der Waals surface area (Å²) in [5, 5.41) is 12.9. The third-order valence-electron chi connectivity index (χ3n) is 3.04. The Kier molecular flexibility index (Phi) is 5.44. The van der Waals surface area contributed by atoms with Crippen molar-refractivity contribution in [2.24, 2.45) is 7.05 Å². The number of hydrogen-bond acceptors (Lipinski definition) is 3. The molecule has 2 rings (SSSR count). The van der Waals surface area contributed by atoms with E-state index in [0.29, 0.717) is 5.02 Å². The summed E-state index contributed by atoms with van der Waals surface area (Å²) in [5.74, 6) is 0.0908. The molecule has 0 radical (unpaired) electrons. The molecule has 126 valence electrons. The highest BCUT2D eigenvalue weighted by Gasteiger charge is 2.39. The zero-order chi connectivity index (χ0) is 17.2. The van der Waals surface area contributed by atoms with Crippen LogP contribution >= 0.6 is 23.2 Å². The van der Waals surface area contributed by atoms with Crippen LogP contribution in [0, 0.1) is 0 Å². The lowest BCUT2D eigenvalue weighted by Gasteiger charge is -2.11. The molecule has 1 aromatic heterocycles. The van der Waals surface area contributed by atoms with Crippen LogP contribution < -0.4 is 4.74 Å². The van der Waals surface area contributed by atoms with Crippen molar-refractivity contribution in [3.63, 3.8) is 0 Å². The first-order valence-electron chi connectivity index (χ1n) is 6.61. The molecule has 2 aromatic rings. The van der Waals surface area contributed by atoms with Gasteiger partial charge in [-0.25, -0.2) is 4.68 Å². The van der Waals surface area contributed by atoms with Gasteiger partial charge in [-0.2, -0.15) is 18.3 Å². The molecule has 1 aromatic carbocycles. The van der Waals surface area contributed by atoms with Gasteiger partial charge in [0, 0.05) is 24.2 Å². The smallest absolute Gasteiger partial charge is 0.435 e. The number of nitrogens with zero attached hydrogens (tertiary/aromatic N) is 2. The standard InChI is InChI=1S/C14H13Cl2F3N2O2/c1-21-13(23-11-5-4-8(15)7-10(11)16)9(3-2-6-22)12(20-21)14(17,18)19/h4-5,7,22H,2-3,6H2,1H3. The molecule has 0 saturated heterocycles. The number of ether oxygens (including phenoxy) is 1. The van der Waals surface area contributed by atoms with E-state index < -0.39 is 11.9 Å². The first kappa shape index (κ1) is 17.9. The summed E-state index contributed by atoms with van der Waals surface area (Å²) < 4.78 is 45.8. The molecule has 0 spiro atoms. The second kappa shape index (κ2) is 6.98. The number of alkyl halides is 3. The maximum Gasteiger partial charge on any atom is 0.435 e. The fourth-order valence-corrected chi connectivity index (χ4v) is 2.50. The maximum atomic E-state index is 13.1. The van der Waals surface area contributed by atoms with Crippen LogP contribution in [-0.2, 0) is 19.6 Å². The Hall–Kier alpha value is -1.44. The minimum atomic E-state index is -4.62. The molecule has 0 atom stereocenters. The van der Waals surface area contributed by atoms with Crippen molar-refractivity contribution < 1.29 is 23.0 Å². The van der Waals surface area contributed by atoms with Gasteiger partial charge >= 0.3 is 6.18 Å². The predicted octanol–water partition coefficient (Wildman–Crippen LogP) is 4.46. The molecule has 0 aliphatic rings. The van der Waals surface area contributed by atoms with Crippen molar-refractivity contribution in [2.45, 2.75) is 19.0 Å². The fourth-order valence-electron chi connectivity index (χ4n) is 2.05. The van der Waals surface area contributed by atoms with E-state index in [4.69, 9.17) is 33.0 Å². The van der Waals surface area contributed by atoms with Gasteiger partial charge in [-0.05, 0) is 31.0 Å². The third-order valence-corrected chi connectivity index (χ3v) is 3.57. The van der Waals surface area contributed by atoms with E-state index in [1.165, 1.54) is 25.2 Å². The molecule has 0 fully saturated rings. The maximum absolute atomic E-state index is 13.1. The summed E-state index contributed by atoms with van der Waals surface area (Å²) in [7, 11) is 1.34. The van der Waals surface area contributed by atoms with E-state index in [-0.39, 0.29) is 41.7 Å². The number of aliphatic hydroxyl groups excluding tert-OH is 1. The first-order valence-corrected chi connectivity index (χ1v) is 7.36. The molecule has 1 heterocycles. The van der Waals surface area contributed by atoms with Crippen molar-refractivity contribution in [3.8, 4) is 11.6 Å². The normalized spacial score (nSPS) is 11.8. The fraction of sp³-hybridized carbons (Fsp3) is 0.357. The van der Waals surface area contributed by atoms with Crippen LogP contribution in [-0.4, -0.2) is 21.5 Å². The van der Waals surface area contributed by atoms with E-state index in [2.05, 4.69) is 5.10 Å². The molecular formula is C14H13Cl2F3N2O2. The SMILES string of the molecule is Cn1nc(C(F)(F)F)c(CCCO)c1Oc1ccc(Cl)cc1Cl. The van der Waals surface area contributed by atoms with Gasteiger partial charge in [0.25, 0.3) is 0 Å². The van der Waals surface area contributed by atoms with Crippen molar-refractivity contribution in [3.05, 3.63) is 39.5 Å².